The number of rotatable bonds is 1. The molecule has 4 heteroatoms. The van der Waals surface area contributed by atoms with E-state index in [1.807, 2.05) is 0 Å². The third-order valence-electron chi connectivity index (χ3n) is 3.24. The normalized spacial score (nSPS) is 21.8. The third kappa shape index (κ3) is 2.43. The summed E-state index contributed by atoms with van der Waals surface area (Å²) >= 11 is 0. The minimum Gasteiger partial charge on any atom is -0.483 e. The highest BCUT2D eigenvalue weighted by Gasteiger charge is 2.26. The van der Waals surface area contributed by atoms with Crippen molar-refractivity contribution in [3.8, 4) is 0 Å². The first-order valence-corrected chi connectivity index (χ1v) is 5.89. The molecule has 16 heavy (non-hydrogen) atoms. The van der Waals surface area contributed by atoms with Crippen molar-refractivity contribution in [1.82, 2.24) is 4.90 Å². The van der Waals surface area contributed by atoms with Crippen molar-refractivity contribution >= 4 is 11.8 Å². The summed E-state index contributed by atoms with van der Waals surface area (Å²) in [6, 6.07) is 0. The summed E-state index contributed by atoms with van der Waals surface area (Å²) in [6.45, 7) is 0.475. The molecule has 0 spiro atoms. The Morgan fingerprint density at radius 1 is 1.44 bits per heavy atom. The molecule has 2 rings (SSSR count). The van der Waals surface area contributed by atoms with Gasteiger partial charge in [0.2, 0.25) is 11.8 Å². The molecule has 1 aliphatic heterocycles. The summed E-state index contributed by atoms with van der Waals surface area (Å²) in [5, 5.41) is 0. The first-order valence-electron chi connectivity index (χ1n) is 5.89. The third-order valence-corrected chi connectivity index (χ3v) is 3.24. The molecule has 2 aliphatic rings. The van der Waals surface area contributed by atoms with Crippen LogP contribution >= 0.6 is 0 Å². The Morgan fingerprint density at radius 3 is 2.88 bits per heavy atom. The largest absolute Gasteiger partial charge is 0.483 e. The van der Waals surface area contributed by atoms with Gasteiger partial charge in [-0.15, -0.1) is 0 Å². The number of ether oxygens (including phenoxy) is 1. The van der Waals surface area contributed by atoms with E-state index in [0.29, 0.717) is 12.4 Å². The summed E-state index contributed by atoms with van der Waals surface area (Å²) in [4.78, 5) is 17.9. The van der Waals surface area contributed by atoms with E-state index in [2.05, 4.69) is 4.99 Å². The van der Waals surface area contributed by atoms with Crippen molar-refractivity contribution in [2.24, 2.45) is 10.9 Å². The van der Waals surface area contributed by atoms with Gasteiger partial charge in [0.05, 0.1) is 7.11 Å². The average molecular weight is 222 g/mol. The highest BCUT2D eigenvalue weighted by Crippen LogP contribution is 2.25. The van der Waals surface area contributed by atoms with Crippen LogP contribution in [0.5, 0.6) is 0 Å². The average Bonchev–Trinajstić information content (AvgIpc) is 2.39. The van der Waals surface area contributed by atoms with Crippen LogP contribution in [0.1, 0.15) is 32.1 Å². The van der Waals surface area contributed by atoms with E-state index in [0.717, 1.165) is 12.8 Å². The zero-order valence-electron chi connectivity index (χ0n) is 9.69. The zero-order valence-corrected chi connectivity index (χ0v) is 9.69. The van der Waals surface area contributed by atoms with Gasteiger partial charge in [-0.05, 0) is 12.8 Å². The van der Waals surface area contributed by atoms with Crippen molar-refractivity contribution in [2.45, 2.75) is 32.1 Å². The molecular formula is C12H18N2O2. The lowest BCUT2D eigenvalue weighted by Gasteiger charge is -2.27. The molecule has 4 nitrogen and oxygen atoms in total. The van der Waals surface area contributed by atoms with Crippen molar-refractivity contribution in [3.63, 3.8) is 0 Å². The zero-order chi connectivity index (χ0) is 11.4. The fourth-order valence-electron chi connectivity index (χ4n) is 2.29. The maximum Gasteiger partial charge on any atom is 0.230 e. The van der Waals surface area contributed by atoms with Crippen molar-refractivity contribution in [2.75, 3.05) is 13.7 Å². The Kier molecular flexibility index (Phi) is 3.59. The summed E-state index contributed by atoms with van der Waals surface area (Å²) in [5.41, 5.74) is 0. The summed E-state index contributed by atoms with van der Waals surface area (Å²) in [7, 11) is 1.58. The predicted octanol–water partition coefficient (Wildman–Crippen LogP) is 1.93. The van der Waals surface area contributed by atoms with Gasteiger partial charge in [0, 0.05) is 18.3 Å². The Morgan fingerprint density at radius 2 is 2.19 bits per heavy atom. The second kappa shape index (κ2) is 5.14. The first-order chi connectivity index (χ1) is 7.81. The molecule has 0 atom stereocenters. The van der Waals surface area contributed by atoms with Crippen LogP contribution < -0.4 is 0 Å². The number of hydrogen-bond donors (Lipinski definition) is 0. The number of nitrogens with zero attached hydrogens (tertiary/aromatic N) is 2. The number of carbonyl (C=O) groups excluding carboxylic acids is 1. The fraction of sp³-hybridized carbons (Fsp3) is 0.667. The van der Waals surface area contributed by atoms with Crippen molar-refractivity contribution < 1.29 is 9.53 Å². The molecule has 0 aromatic rings. The highest BCUT2D eigenvalue weighted by molar-refractivity contribution is 5.87. The van der Waals surface area contributed by atoms with Gasteiger partial charge in [-0.3, -0.25) is 4.79 Å². The minimum absolute atomic E-state index is 0.203. The highest BCUT2D eigenvalue weighted by atomic mass is 16.5. The van der Waals surface area contributed by atoms with Gasteiger partial charge in [-0.25, -0.2) is 4.99 Å². The summed E-state index contributed by atoms with van der Waals surface area (Å²) in [5.74, 6) is 1.03. The SMILES string of the molecule is COC1=NC=CN(C(=O)C2CCCCC2)C1. The molecule has 0 bridgehead atoms. The second-order valence-electron chi connectivity index (χ2n) is 4.33. The van der Waals surface area contributed by atoms with Crippen LogP contribution in [-0.2, 0) is 9.53 Å². The molecule has 88 valence electrons. The Balaban J connectivity index is 1.95. The molecule has 0 aromatic heterocycles. The lowest BCUT2D eigenvalue weighted by Crippen LogP contribution is -2.38. The first kappa shape index (κ1) is 11.2. The topological polar surface area (TPSA) is 41.9 Å². The van der Waals surface area contributed by atoms with Crippen molar-refractivity contribution in [1.29, 1.82) is 0 Å². The van der Waals surface area contributed by atoms with Gasteiger partial charge in [0.15, 0.2) is 0 Å². The number of hydrogen-bond acceptors (Lipinski definition) is 3. The van der Waals surface area contributed by atoms with Gasteiger partial charge >= 0.3 is 0 Å². The van der Waals surface area contributed by atoms with Crippen LogP contribution in [0.4, 0.5) is 0 Å². The van der Waals surface area contributed by atoms with Gasteiger partial charge in [-0.2, -0.15) is 0 Å². The molecule has 0 radical (unpaired) electrons. The monoisotopic (exact) mass is 222 g/mol. The van der Waals surface area contributed by atoms with Crippen LogP contribution in [0.25, 0.3) is 0 Å². The van der Waals surface area contributed by atoms with Crippen LogP contribution in [0.15, 0.2) is 17.4 Å². The molecule has 1 saturated carbocycles. The fourth-order valence-corrected chi connectivity index (χ4v) is 2.29. The molecule has 1 aliphatic carbocycles. The summed E-state index contributed by atoms with van der Waals surface area (Å²) < 4.78 is 5.06. The number of methoxy groups -OCH3 is 1. The number of amides is 1. The minimum atomic E-state index is 0.203. The van der Waals surface area contributed by atoms with E-state index in [9.17, 15) is 4.79 Å². The molecule has 0 N–H and O–H groups in total. The van der Waals surface area contributed by atoms with Crippen LogP contribution in [-0.4, -0.2) is 30.4 Å². The van der Waals surface area contributed by atoms with Crippen LogP contribution in [0, 0.1) is 5.92 Å². The summed E-state index contributed by atoms with van der Waals surface area (Å²) in [6.07, 6.45) is 9.07. The lowest BCUT2D eigenvalue weighted by molar-refractivity contribution is -0.133. The second-order valence-corrected chi connectivity index (χ2v) is 4.33. The van der Waals surface area contributed by atoms with E-state index in [-0.39, 0.29) is 11.8 Å². The molecule has 0 aromatic carbocycles. The molecule has 1 fully saturated rings. The molecule has 1 heterocycles. The van der Waals surface area contributed by atoms with Crippen LogP contribution in [0.2, 0.25) is 0 Å². The van der Waals surface area contributed by atoms with Crippen molar-refractivity contribution in [3.05, 3.63) is 12.4 Å². The Labute approximate surface area is 96.0 Å². The predicted molar refractivity (Wildman–Crippen MR) is 61.9 cm³/mol. The maximum atomic E-state index is 12.2. The van der Waals surface area contributed by atoms with E-state index < -0.39 is 0 Å². The molecule has 0 saturated heterocycles. The lowest BCUT2D eigenvalue weighted by atomic mass is 9.88. The Bertz CT molecular complexity index is 317. The van der Waals surface area contributed by atoms with E-state index >= 15 is 0 Å². The number of aliphatic imine (C=N–C) groups is 1. The maximum absolute atomic E-state index is 12.2. The van der Waals surface area contributed by atoms with E-state index in [4.69, 9.17) is 4.74 Å². The Hall–Kier alpha value is -1.32. The molecule has 0 unspecified atom stereocenters. The quantitative estimate of drug-likeness (QED) is 0.680. The van der Waals surface area contributed by atoms with E-state index in [1.54, 1.807) is 24.4 Å². The molecule has 1 amide bonds. The van der Waals surface area contributed by atoms with Gasteiger partial charge in [0.25, 0.3) is 0 Å². The number of carbonyl (C=O) groups is 1. The van der Waals surface area contributed by atoms with Crippen LogP contribution in [0.3, 0.4) is 0 Å². The smallest absolute Gasteiger partial charge is 0.230 e. The standard InChI is InChI=1S/C12H18N2O2/c1-16-11-9-14(8-7-13-11)12(15)10-5-3-2-4-6-10/h7-8,10H,2-6,9H2,1H3. The van der Waals surface area contributed by atoms with Gasteiger partial charge in [-0.1, -0.05) is 19.3 Å². The van der Waals surface area contributed by atoms with Gasteiger partial charge in [0.1, 0.15) is 6.54 Å². The van der Waals surface area contributed by atoms with E-state index in [1.165, 1.54) is 19.3 Å². The van der Waals surface area contributed by atoms with Gasteiger partial charge < -0.3 is 9.64 Å². The molecular weight excluding hydrogens is 204 g/mol.